The maximum absolute atomic E-state index is 12.6. The molecule has 0 aliphatic heterocycles. The summed E-state index contributed by atoms with van der Waals surface area (Å²) < 4.78 is 6.18. The van der Waals surface area contributed by atoms with Crippen molar-refractivity contribution in [2.24, 2.45) is 0 Å². The molecule has 3 aromatic rings. The van der Waals surface area contributed by atoms with E-state index in [-0.39, 0.29) is 27.7 Å². The third-order valence-corrected chi connectivity index (χ3v) is 4.26. The molecule has 1 aromatic carbocycles. The minimum Gasteiger partial charge on any atom is -0.464 e. The first-order valence-corrected chi connectivity index (χ1v) is 8.36. The molecule has 28 heavy (non-hydrogen) atoms. The van der Waals surface area contributed by atoms with E-state index in [1.807, 2.05) is 6.07 Å². The van der Waals surface area contributed by atoms with Gasteiger partial charge in [0.05, 0.1) is 35.3 Å². The molecule has 3 N–H and O–H groups in total. The molecule has 0 atom stereocenters. The van der Waals surface area contributed by atoms with Crippen LogP contribution in [0.15, 0.2) is 48.8 Å². The van der Waals surface area contributed by atoms with Crippen LogP contribution >= 0.6 is 11.6 Å². The molecule has 9 heteroatoms. The van der Waals surface area contributed by atoms with Gasteiger partial charge in [-0.25, -0.2) is 9.78 Å². The molecule has 0 aliphatic rings. The summed E-state index contributed by atoms with van der Waals surface area (Å²) in [5.41, 5.74) is 7.00. The van der Waals surface area contributed by atoms with Gasteiger partial charge in [0, 0.05) is 12.4 Å². The van der Waals surface area contributed by atoms with Gasteiger partial charge in [-0.3, -0.25) is 4.79 Å². The van der Waals surface area contributed by atoms with Crippen molar-refractivity contribution < 1.29 is 14.3 Å². The Morgan fingerprint density at radius 3 is 2.71 bits per heavy atom. The van der Waals surface area contributed by atoms with Crippen LogP contribution in [0.5, 0.6) is 0 Å². The zero-order chi connectivity index (χ0) is 20.3. The lowest BCUT2D eigenvalue weighted by atomic mass is 10.2. The van der Waals surface area contributed by atoms with Crippen molar-refractivity contribution in [3.05, 3.63) is 70.8 Å². The predicted molar refractivity (Wildman–Crippen MR) is 103 cm³/mol. The topological polar surface area (TPSA) is 123 Å². The van der Waals surface area contributed by atoms with Gasteiger partial charge < -0.3 is 20.4 Å². The first-order chi connectivity index (χ1) is 13.5. The largest absolute Gasteiger partial charge is 0.464 e. The molecule has 1 amide bonds. The fraction of sp³-hybridized carbons (Fsp3) is 0.0526. The molecule has 0 bridgehead atoms. The summed E-state index contributed by atoms with van der Waals surface area (Å²) in [6, 6.07) is 11.8. The van der Waals surface area contributed by atoms with Crippen molar-refractivity contribution in [3.63, 3.8) is 0 Å². The van der Waals surface area contributed by atoms with Crippen molar-refractivity contribution in [1.29, 1.82) is 5.26 Å². The van der Waals surface area contributed by atoms with Gasteiger partial charge in [-0.15, -0.1) is 0 Å². The number of nitrogens with zero attached hydrogens (tertiary/aromatic N) is 3. The number of anilines is 2. The summed E-state index contributed by atoms with van der Waals surface area (Å²) in [5, 5.41) is 12.1. The molecule has 0 fully saturated rings. The number of nitrogens with two attached hydrogens (primary N) is 1. The summed E-state index contributed by atoms with van der Waals surface area (Å²) in [5.74, 6) is -1.19. The van der Waals surface area contributed by atoms with Crippen LogP contribution < -0.4 is 11.1 Å². The summed E-state index contributed by atoms with van der Waals surface area (Å²) in [7, 11) is 1.21. The van der Waals surface area contributed by atoms with Crippen LogP contribution in [-0.4, -0.2) is 28.5 Å². The van der Waals surface area contributed by atoms with Crippen LogP contribution in [0, 0.1) is 11.3 Å². The number of halogens is 1. The minimum atomic E-state index is -0.713. The van der Waals surface area contributed by atoms with Crippen LogP contribution in [0.4, 0.5) is 11.4 Å². The molecule has 0 unspecified atom stereocenters. The highest BCUT2D eigenvalue weighted by Gasteiger charge is 2.23. The lowest BCUT2D eigenvalue weighted by Crippen LogP contribution is -2.16. The van der Waals surface area contributed by atoms with E-state index in [1.165, 1.54) is 30.1 Å². The van der Waals surface area contributed by atoms with Gasteiger partial charge in [0.2, 0.25) is 0 Å². The average molecular weight is 396 g/mol. The SMILES string of the molecule is COC(=O)c1c(N)c(C#N)cn1-c1ccccc1NC(=O)c1cccnc1Cl. The first kappa shape index (κ1) is 18.9. The summed E-state index contributed by atoms with van der Waals surface area (Å²) in [6.45, 7) is 0. The van der Waals surface area contributed by atoms with E-state index >= 15 is 0 Å². The fourth-order valence-electron chi connectivity index (χ4n) is 2.64. The highest BCUT2D eigenvalue weighted by Crippen LogP contribution is 2.29. The normalized spacial score (nSPS) is 10.2. The monoisotopic (exact) mass is 395 g/mol. The van der Waals surface area contributed by atoms with Gasteiger partial charge in [-0.2, -0.15) is 5.26 Å². The number of esters is 1. The van der Waals surface area contributed by atoms with E-state index in [0.717, 1.165) is 0 Å². The average Bonchev–Trinajstić information content (AvgIpc) is 3.04. The summed E-state index contributed by atoms with van der Waals surface area (Å²) in [6.07, 6.45) is 2.88. The van der Waals surface area contributed by atoms with Crippen LogP contribution in [0.25, 0.3) is 5.69 Å². The number of carbonyl (C=O) groups is 2. The molecule has 2 aromatic heterocycles. The second kappa shape index (κ2) is 7.82. The summed E-state index contributed by atoms with van der Waals surface area (Å²) >= 11 is 5.98. The number of rotatable bonds is 4. The number of hydrogen-bond acceptors (Lipinski definition) is 6. The number of pyridine rings is 1. The second-order valence-electron chi connectivity index (χ2n) is 5.59. The lowest BCUT2D eigenvalue weighted by Gasteiger charge is -2.14. The first-order valence-electron chi connectivity index (χ1n) is 7.98. The number of hydrogen-bond donors (Lipinski definition) is 2. The molecule has 2 heterocycles. The van der Waals surface area contributed by atoms with Gasteiger partial charge in [-0.05, 0) is 24.3 Å². The van der Waals surface area contributed by atoms with Crippen molar-refractivity contribution in [2.75, 3.05) is 18.2 Å². The number of para-hydroxylation sites is 2. The summed E-state index contributed by atoms with van der Waals surface area (Å²) in [4.78, 5) is 28.7. The molecule has 140 valence electrons. The smallest absolute Gasteiger partial charge is 0.357 e. The van der Waals surface area contributed by atoms with Crippen molar-refractivity contribution in [2.45, 2.75) is 0 Å². The number of carbonyl (C=O) groups excluding carboxylic acids is 2. The third-order valence-electron chi connectivity index (χ3n) is 3.96. The molecule has 0 radical (unpaired) electrons. The van der Waals surface area contributed by atoms with Gasteiger partial charge in [0.1, 0.15) is 11.2 Å². The maximum atomic E-state index is 12.6. The van der Waals surface area contributed by atoms with E-state index in [9.17, 15) is 14.9 Å². The Hall–Kier alpha value is -3.83. The van der Waals surface area contributed by atoms with Crippen molar-refractivity contribution in [1.82, 2.24) is 9.55 Å². The second-order valence-corrected chi connectivity index (χ2v) is 5.95. The van der Waals surface area contributed by atoms with Crippen molar-refractivity contribution in [3.8, 4) is 11.8 Å². The number of ether oxygens (including phenoxy) is 1. The highest BCUT2D eigenvalue weighted by atomic mass is 35.5. The Bertz CT molecular complexity index is 1120. The number of nitrogen functional groups attached to an aromatic ring is 1. The Balaban J connectivity index is 2.09. The Morgan fingerprint density at radius 2 is 2.04 bits per heavy atom. The lowest BCUT2D eigenvalue weighted by molar-refractivity contribution is 0.0593. The number of aromatic nitrogens is 2. The molecule has 0 aliphatic carbocycles. The van der Waals surface area contributed by atoms with Crippen LogP contribution in [-0.2, 0) is 4.74 Å². The molecular weight excluding hydrogens is 382 g/mol. The van der Waals surface area contributed by atoms with E-state index < -0.39 is 11.9 Å². The zero-order valence-electron chi connectivity index (χ0n) is 14.6. The Morgan fingerprint density at radius 1 is 1.29 bits per heavy atom. The standard InChI is InChI=1S/C19H14ClN5O3/c1-28-19(27)16-15(22)11(9-21)10-25(16)14-7-3-2-6-13(14)24-18(26)12-5-4-8-23-17(12)20/h2-8,10H,22H2,1H3,(H,24,26). The molecular formula is C19H14ClN5O3. The Labute approximate surface area is 165 Å². The number of nitrogens with one attached hydrogen (secondary N) is 1. The zero-order valence-corrected chi connectivity index (χ0v) is 15.4. The molecule has 8 nitrogen and oxygen atoms in total. The Kier molecular flexibility index (Phi) is 5.29. The molecule has 0 saturated carbocycles. The predicted octanol–water partition coefficient (Wildman–Crippen LogP) is 3.02. The van der Waals surface area contributed by atoms with E-state index in [4.69, 9.17) is 22.1 Å². The van der Waals surface area contributed by atoms with E-state index in [2.05, 4.69) is 10.3 Å². The highest BCUT2D eigenvalue weighted by molar-refractivity contribution is 6.33. The number of amides is 1. The number of benzene rings is 1. The van der Waals surface area contributed by atoms with Gasteiger partial charge in [0.15, 0.2) is 5.69 Å². The molecule has 0 saturated heterocycles. The van der Waals surface area contributed by atoms with E-state index in [1.54, 1.807) is 30.3 Å². The van der Waals surface area contributed by atoms with Gasteiger partial charge in [0.25, 0.3) is 5.91 Å². The van der Waals surface area contributed by atoms with Crippen molar-refractivity contribution >= 4 is 34.9 Å². The van der Waals surface area contributed by atoms with Crippen LogP contribution in [0.2, 0.25) is 5.15 Å². The molecule has 3 rings (SSSR count). The quantitative estimate of drug-likeness (QED) is 0.517. The third kappa shape index (κ3) is 3.39. The van der Waals surface area contributed by atoms with Crippen LogP contribution in [0.3, 0.4) is 0 Å². The van der Waals surface area contributed by atoms with Gasteiger partial charge in [-0.1, -0.05) is 23.7 Å². The van der Waals surface area contributed by atoms with E-state index in [0.29, 0.717) is 11.4 Å². The number of methoxy groups -OCH3 is 1. The van der Waals surface area contributed by atoms with Gasteiger partial charge >= 0.3 is 5.97 Å². The van der Waals surface area contributed by atoms with Crippen LogP contribution in [0.1, 0.15) is 26.4 Å². The molecule has 0 spiro atoms. The maximum Gasteiger partial charge on any atom is 0.357 e. The number of nitriles is 1. The minimum absolute atomic E-state index is 0.00853. The fourth-order valence-corrected chi connectivity index (χ4v) is 2.84.